The molecule has 20 heavy (non-hydrogen) atoms. The number of fused-ring (bicyclic) bond motifs is 1. The van der Waals surface area contributed by atoms with E-state index in [1.54, 1.807) is 19.2 Å². The van der Waals surface area contributed by atoms with Crippen molar-refractivity contribution in [3.63, 3.8) is 0 Å². The van der Waals surface area contributed by atoms with Crippen molar-refractivity contribution in [1.82, 2.24) is 14.6 Å². The summed E-state index contributed by atoms with van der Waals surface area (Å²) in [6.07, 6.45) is 2.44. The summed E-state index contributed by atoms with van der Waals surface area (Å²) in [7, 11) is 1.65. The van der Waals surface area contributed by atoms with E-state index in [9.17, 15) is 0 Å². The Kier molecular flexibility index (Phi) is 3.05. The summed E-state index contributed by atoms with van der Waals surface area (Å²) in [6.45, 7) is 0. The number of rotatable bonds is 3. The number of benzene rings is 1. The van der Waals surface area contributed by atoms with E-state index in [2.05, 4.69) is 16.3 Å². The quantitative estimate of drug-likeness (QED) is 0.727. The van der Waals surface area contributed by atoms with Gasteiger partial charge in [0.1, 0.15) is 11.6 Å². The van der Waals surface area contributed by atoms with Gasteiger partial charge in [-0.25, -0.2) is 0 Å². The number of nitrogens with zero attached hydrogens (tertiary/aromatic N) is 4. The number of pyridine rings is 1. The van der Waals surface area contributed by atoms with E-state index >= 15 is 0 Å². The molecule has 0 saturated heterocycles. The number of ether oxygens (including phenoxy) is 1. The molecule has 0 amide bonds. The molecule has 0 aliphatic carbocycles. The number of hydrogen-bond acceptors (Lipinski definition) is 4. The van der Waals surface area contributed by atoms with Gasteiger partial charge in [0.25, 0.3) is 0 Å². The smallest absolute Gasteiger partial charge is 0.162 e. The minimum atomic E-state index is 0.578. The van der Waals surface area contributed by atoms with Gasteiger partial charge in [-0.3, -0.25) is 4.40 Å². The van der Waals surface area contributed by atoms with Crippen LogP contribution in [0, 0.1) is 11.3 Å². The van der Waals surface area contributed by atoms with Crippen LogP contribution in [-0.2, 0) is 6.42 Å². The number of para-hydroxylation sites is 1. The fourth-order valence-corrected chi connectivity index (χ4v) is 2.15. The normalized spacial score (nSPS) is 10.4. The molecule has 5 nitrogen and oxygen atoms in total. The second kappa shape index (κ2) is 5.02. The van der Waals surface area contributed by atoms with Crippen molar-refractivity contribution in [3.05, 3.63) is 59.5 Å². The average Bonchev–Trinajstić information content (AvgIpc) is 2.90. The van der Waals surface area contributed by atoms with Crippen LogP contribution >= 0.6 is 0 Å². The largest absolute Gasteiger partial charge is 0.496 e. The third-order valence-corrected chi connectivity index (χ3v) is 3.15. The molecule has 0 unspecified atom stereocenters. The molecule has 3 rings (SSSR count). The van der Waals surface area contributed by atoms with Crippen molar-refractivity contribution in [1.29, 1.82) is 5.26 Å². The highest BCUT2D eigenvalue weighted by molar-refractivity contribution is 5.46. The SMILES string of the molecule is COc1ccccc1Cc1nnc2cc(C#N)ccn12. The second-order valence-electron chi connectivity index (χ2n) is 4.36. The fraction of sp³-hybridized carbons (Fsp3) is 0.133. The highest BCUT2D eigenvalue weighted by Crippen LogP contribution is 2.20. The van der Waals surface area contributed by atoms with Crippen LogP contribution in [0.5, 0.6) is 5.75 Å². The van der Waals surface area contributed by atoms with Crippen LogP contribution in [-0.4, -0.2) is 21.7 Å². The van der Waals surface area contributed by atoms with Crippen LogP contribution in [0.4, 0.5) is 0 Å². The van der Waals surface area contributed by atoms with Gasteiger partial charge in [-0.2, -0.15) is 5.26 Å². The first-order valence-corrected chi connectivity index (χ1v) is 6.17. The van der Waals surface area contributed by atoms with Gasteiger partial charge in [-0.1, -0.05) is 18.2 Å². The standard InChI is InChI=1S/C15H12N4O/c1-20-13-5-3-2-4-12(13)9-15-18-17-14-8-11(10-16)6-7-19(14)15/h2-8H,9H2,1H3. The zero-order valence-corrected chi connectivity index (χ0v) is 10.9. The molecule has 0 aliphatic heterocycles. The van der Waals surface area contributed by atoms with Crippen molar-refractivity contribution in [2.45, 2.75) is 6.42 Å². The molecule has 98 valence electrons. The summed E-state index contributed by atoms with van der Waals surface area (Å²) in [5.74, 6) is 1.65. The van der Waals surface area contributed by atoms with E-state index in [1.807, 2.05) is 34.9 Å². The van der Waals surface area contributed by atoms with E-state index < -0.39 is 0 Å². The third-order valence-electron chi connectivity index (χ3n) is 3.15. The minimum Gasteiger partial charge on any atom is -0.496 e. The van der Waals surface area contributed by atoms with Crippen LogP contribution in [0.15, 0.2) is 42.6 Å². The number of aromatic nitrogens is 3. The zero-order chi connectivity index (χ0) is 13.9. The van der Waals surface area contributed by atoms with Gasteiger partial charge in [0.05, 0.1) is 18.7 Å². The first-order chi connectivity index (χ1) is 9.81. The molecule has 2 aromatic heterocycles. The molecule has 0 bridgehead atoms. The Labute approximate surface area is 116 Å². The molecule has 1 aromatic carbocycles. The highest BCUT2D eigenvalue weighted by atomic mass is 16.5. The second-order valence-corrected chi connectivity index (χ2v) is 4.36. The van der Waals surface area contributed by atoms with E-state index in [0.29, 0.717) is 17.6 Å². The van der Waals surface area contributed by atoms with Crippen molar-refractivity contribution in [2.75, 3.05) is 7.11 Å². The van der Waals surface area contributed by atoms with E-state index in [-0.39, 0.29) is 0 Å². The molecular weight excluding hydrogens is 252 g/mol. The molecule has 0 spiro atoms. The first-order valence-electron chi connectivity index (χ1n) is 6.17. The van der Waals surface area contributed by atoms with E-state index in [4.69, 9.17) is 10.00 Å². The van der Waals surface area contributed by atoms with Crippen LogP contribution in [0.1, 0.15) is 17.0 Å². The molecular formula is C15H12N4O. The van der Waals surface area contributed by atoms with Gasteiger partial charge in [0.15, 0.2) is 5.65 Å². The molecule has 0 aliphatic rings. The Morgan fingerprint density at radius 1 is 1.25 bits per heavy atom. The van der Waals surface area contributed by atoms with Crippen molar-refractivity contribution >= 4 is 5.65 Å². The Morgan fingerprint density at radius 3 is 2.90 bits per heavy atom. The van der Waals surface area contributed by atoms with Crippen LogP contribution in [0.2, 0.25) is 0 Å². The van der Waals surface area contributed by atoms with E-state index in [1.165, 1.54) is 0 Å². The third kappa shape index (κ3) is 2.08. The molecule has 0 saturated carbocycles. The van der Waals surface area contributed by atoms with Crippen LogP contribution < -0.4 is 4.74 Å². The monoisotopic (exact) mass is 264 g/mol. The lowest BCUT2D eigenvalue weighted by molar-refractivity contribution is 0.410. The topological polar surface area (TPSA) is 63.2 Å². The summed E-state index contributed by atoms with van der Waals surface area (Å²) in [6, 6.07) is 13.4. The maximum Gasteiger partial charge on any atom is 0.162 e. The molecule has 2 heterocycles. The number of hydrogen-bond donors (Lipinski definition) is 0. The molecule has 0 fully saturated rings. The van der Waals surface area contributed by atoms with Gasteiger partial charge in [0, 0.05) is 24.2 Å². The Bertz CT molecular complexity index is 801. The summed E-state index contributed by atoms with van der Waals surface area (Å²) in [5, 5.41) is 17.2. The maximum absolute atomic E-state index is 8.88. The number of nitriles is 1. The van der Waals surface area contributed by atoms with Gasteiger partial charge in [-0.05, 0) is 12.1 Å². The first kappa shape index (κ1) is 12.2. The van der Waals surface area contributed by atoms with Gasteiger partial charge in [-0.15, -0.1) is 10.2 Å². The van der Waals surface area contributed by atoms with Gasteiger partial charge >= 0.3 is 0 Å². The fourth-order valence-electron chi connectivity index (χ4n) is 2.15. The summed E-state index contributed by atoms with van der Waals surface area (Å²) in [4.78, 5) is 0. The van der Waals surface area contributed by atoms with Gasteiger partial charge in [0.2, 0.25) is 0 Å². The average molecular weight is 264 g/mol. The molecule has 3 aromatic rings. The molecule has 5 heteroatoms. The molecule has 0 atom stereocenters. The lowest BCUT2D eigenvalue weighted by atomic mass is 10.1. The van der Waals surface area contributed by atoms with Crippen molar-refractivity contribution in [2.24, 2.45) is 0 Å². The lowest BCUT2D eigenvalue weighted by Crippen LogP contribution is -1.98. The lowest BCUT2D eigenvalue weighted by Gasteiger charge is -2.06. The predicted octanol–water partition coefficient (Wildman–Crippen LogP) is 2.20. The van der Waals surface area contributed by atoms with Gasteiger partial charge < -0.3 is 4.74 Å². The Morgan fingerprint density at radius 2 is 2.10 bits per heavy atom. The van der Waals surface area contributed by atoms with Crippen LogP contribution in [0.25, 0.3) is 5.65 Å². The molecule has 0 N–H and O–H groups in total. The highest BCUT2D eigenvalue weighted by Gasteiger charge is 2.09. The zero-order valence-electron chi connectivity index (χ0n) is 10.9. The summed E-state index contributed by atoms with van der Waals surface area (Å²) >= 11 is 0. The maximum atomic E-state index is 8.88. The van der Waals surface area contributed by atoms with Crippen molar-refractivity contribution in [3.8, 4) is 11.8 Å². The Balaban J connectivity index is 2.01. The van der Waals surface area contributed by atoms with Crippen molar-refractivity contribution < 1.29 is 4.74 Å². The summed E-state index contributed by atoms with van der Waals surface area (Å²) in [5.41, 5.74) is 2.30. The van der Waals surface area contributed by atoms with Crippen LogP contribution in [0.3, 0.4) is 0 Å². The van der Waals surface area contributed by atoms with E-state index in [0.717, 1.165) is 17.1 Å². The Hall–Kier alpha value is -2.87. The predicted molar refractivity (Wildman–Crippen MR) is 73.5 cm³/mol. The summed E-state index contributed by atoms with van der Waals surface area (Å²) < 4.78 is 7.22. The number of methoxy groups -OCH3 is 1. The minimum absolute atomic E-state index is 0.578. The molecule has 0 radical (unpaired) electrons.